The summed E-state index contributed by atoms with van der Waals surface area (Å²) in [7, 11) is 3.05. The van der Waals surface area contributed by atoms with E-state index in [9.17, 15) is 9.59 Å². The molecule has 7 nitrogen and oxygen atoms in total. The first-order chi connectivity index (χ1) is 16.1. The van der Waals surface area contributed by atoms with E-state index in [1.165, 1.54) is 7.11 Å². The van der Waals surface area contributed by atoms with Gasteiger partial charge in [-0.1, -0.05) is 60.7 Å². The van der Waals surface area contributed by atoms with Crippen LogP contribution >= 0.6 is 0 Å². The van der Waals surface area contributed by atoms with Gasteiger partial charge in [0.15, 0.2) is 6.61 Å². The van der Waals surface area contributed by atoms with Crippen LogP contribution in [0.15, 0.2) is 78.9 Å². The highest BCUT2D eigenvalue weighted by atomic mass is 16.5. The molecule has 1 amide bonds. The lowest BCUT2D eigenvalue weighted by Gasteiger charge is -2.21. The quantitative estimate of drug-likeness (QED) is 0.449. The van der Waals surface area contributed by atoms with Gasteiger partial charge >= 0.3 is 5.97 Å². The fourth-order valence-electron chi connectivity index (χ4n) is 3.31. The van der Waals surface area contributed by atoms with E-state index in [-0.39, 0.29) is 6.54 Å². The van der Waals surface area contributed by atoms with Gasteiger partial charge in [-0.3, -0.25) is 14.5 Å². The molecule has 1 N–H and O–H groups in total. The Hall–Kier alpha value is -3.84. The van der Waals surface area contributed by atoms with Crippen LogP contribution in [-0.4, -0.2) is 44.1 Å². The van der Waals surface area contributed by atoms with Crippen LogP contribution in [0.5, 0.6) is 11.5 Å². The number of benzene rings is 3. The monoisotopic (exact) mass is 448 g/mol. The molecule has 33 heavy (non-hydrogen) atoms. The highest BCUT2D eigenvalue weighted by molar-refractivity contribution is 5.94. The summed E-state index contributed by atoms with van der Waals surface area (Å²) in [4.78, 5) is 26.8. The summed E-state index contributed by atoms with van der Waals surface area (Å²) in [5, 5.41) is 2.69. The zero-order chi connectivity index (χ0) is 23.5. The molecule has 0 bridgehead atoms. The molecule has 0 aliphatic rings. The van der Waals surface area contributed by atoms with Crippen molar-refractivity contribution in [3.63, 3.8) is 0 Å². The molecule has 3 aromatic rings. The number of carbonyl (C=O) groups excluding carboxylic acids is 2. The summed E-state index contributed by atoms with van der Waals surface area (Å²) in [6.07, 6.45) is 0. The van der Waals surface area contributed by atoms with Crippen molar-refractivity contribution in [3.8, 4) is 11.5 Å². The van der Waals surface area contributed by atoms with Gasteiger partial charge < -0.3 is 19.5 Å². The second-order valence-electron chi connectivity index (χ2n) is 7.39. The van der Waals surface area contributed by atoms with Crippen LogP contribution in [0.25, 0.3) is 0 Å². The third kappa shape index (κ3) is 7.66. The second kappa shape index (κ2) is 12.3. The summed E-state index contributed by atoms with van der Waals surface area (Å²) in [5.41, 5.74) is 2.64. The number of nitrogens with zero attached hydrogens (tertiary/aromatic N) is 1. The summed E-state index contributed by atoms with van der Waals surface area (Å²) in [6.45, 7) is 0.835. The number of carbonyl (C=O) groups is 2. The fraction of sp³-hybridized carbons (Fsp3) is 0.231. The van der Waals surface area contributed by atoms with Gasteiger partial charge in [0.2, 0.25) is 0 Å². The molecule has 0 saturated carbocycles. The van der Waals surface area contributed by atoms with Gasteiger partial charge in [0.25, 0.3) is 5.91 Å². The molecule has 0 unspecified atom stereocenters. The molecule has 7 heteroatoms. The van der Waals surface area contributed by atoms with Crippen molar-refractivity contribution >= 4 is 17.6 Å². The molecule has 0 saturated heterocycles. The molecule has 0 fully saturated rings. The van der Waals surface area contributed by atoms with Crippen LogP contribution in [0.2, 0.25) is 0 Å². The molecule has 0 aliphatic carbocycles. The minimum Gasteiger partial charge on any atom is -0.497 e. The molecule has 3 aromatic carbocycles. The van der Waals surface area contributed by atoms with Crippen molar-refractivity contribution in [2.75, 3.05) is 32.7 Å². The first kappa shape index (κ1) is 23.8. The number of rotatable bonds is 11. The van der Waals surface area contributed by atoms with Gasteiger partial charge in [0.1, 0.15) is 11.5 Å². The first-order valence-electron chi connectivity index (χ1n) is 10.5. The Bertz CT molecular complexity index is 1000. The zero-order valence-electron chi connectivity index (χ0n) is 18.8. The third-order valence-electron chi connectivity index (χ3n) is 4.90. The molecule has 0 aromatic heterocycles. The number of nitrogens with one attached hydrogen (secondary N) is 1. The molecular weight excluding hydrogens is 420 g/mol. The molecule has 3 rings (SSSR count). The lowest BCUT2D eigenvalue weighted by Crippen LogP contribution is -2.32. The van der Waals surface area contributed by atoms with E-state index in [0.29, 0.717) is 30.3 Å². The van der Waals surface area contributed by atoms with E-state index in [1.807, 2.05) is 65.6 Å². The van der Waals surface area contributed by atoms with Crippen molar-refractivity contribution in [1.29, 1.82) is 0 Å². The smallest absolute Gasteiger partial charge is 0.320 e. The maximum Gasteiger partial charge on any atom is 0.320 e. The zero-order valence-corrected chi connectivity index (χ0v) is 18.8. The van der Waals surface area contributed by atoms with E-state index < -0.39 is 18.5 Å². The molecular formula is C26H28N2O5. The molecule has 172 valence electrons. The normalized spacial score (nSPS) is 10.5. The largest absolute Gasteiger partial charge is 0.497 e. The standard InChI is InChI=1S/C26H28N2O5/c1-31-22-13-14-23(24(15-22)32-2)27-25(29)19-33-26(30)18-28(16-20-9-5-3-6-10-20)17-21-11-7-4-8-12-21/h3-15H,16-19H2,1-2H3,(H,27,29). The number of hydrogen-bond donors (Lipinski definition) is 1. The van der Waals surface area contributed by atoms with Crippen molar-refractivity contribution in [2.45, 2.75) is 13.1 Å². The van der Waals surface area contributed by atoms with E-state index in [4.69, 9.17) is 14.2 Å². The van der Waals surface area contributed by atoms with Gasteiger partial charge in [-0.15, -0.1) is 0 Å². The van der Waals surface area contributed by atoms with E-state index in [0.717, 1.165) is 11.1 Å². The van der Waals surface area contributed by atoms with Gasteiger partial charge in [0, 0.05) is 19.2 Å². The van der Waals surface area contributed by atoms with E-state index >= 15 is 0 Å². The number of esters is 1. The SMILES string of the molecule is COc1ccc(NC(=O)COC(=O)CN(Cc2ccccc2)Cc2ccccc2)c(OC)c1. The lowest BCUT2D eigenvalue weighted by atomic mass is 10.1. The Morgan fingerprint density at radius 3 is 1.97 bits per heavy atom. The van der Waals surface area contributed by atoms with Crippen LogP contribution < -0.4 is 14.8 Å². The van der Waals surface area contributed by atoms with Gasteiger partial charge in [-0.25, -0.2) is 0 Å². The van der Waals surface area contributed by atoms with Crippen LogP contribution in [0, 0.1) is 0 Å². The maximum atomic E-state index is 12.5. The van der Waals surface area contributed by atoms with Crippen molar-refractivity contribution < 1.29 is 23.8 Å². The predicted octanol–water partition coefficient (Wildman–Crippen LogP) is 3.89. The van der Waals surface area contributed by atoms with Crippen LogP contribution in [-0.2, 0) is 27.4 Å². The topological polar surface area (TPSA) is 77.1 Å². The second-order valence-corrected chi connectivity index (χ2v) is 7.39. The Labute approximate surface area is 193 Å². The average Bonchev–Trinajstić information content (AvgIpc) is 2.84. The minimum atomic E-state index is -0.473. The summed E-state index contributed by atoms with van der Waals surface area (Å²) in [5.74, 6) is 0.127. The first-order valence-corrected chi connectivity index (χ1v) is 10.5. The van der Waals surface area contributed by atoms with E-state index in [1.54, 1.807) is 25.3 Å². The average molecular weight is 449 g/mol. The van der Waals surface area contributed by atoms with E-state index in [2.05, 4.69) is 5.32 Å². The number of anilines is 1. The Balaban J connectivity index is 1.56. The molecule has 0 atom stereocenters. The molecule has 0 spiro atoms. The number of methoxy groups -OCH3 is 2. The Morgan fingerprint density at radius 2 is 1.42 bits per heavy atom. The maximum absolute atomic E-state index is 12.5. The molecule has 0 aliphatic heterocycles. The number of hydrogen-bond acceptors (Lipinski definition) is 6. The Morgan fingerprint density at radius 1 is 0.818 bits per heavy atom. The van der Waals surface area contributed by atoms with Crippen molar-refractivity contribution in [1.82, 2.24) is 4.90 Å². The Kier molecular flexibility index (Phi) is 8.85. The fourth-order valence-corrected chi connectivity index (χ4v) is 3.31. The summed E-state index contributed by atoms with van der Waals surface area (Å²) < 4.78 is 15.7. The predicted molar refractivity (Wildman–Crippen MR) is 126 cm³/mol. The highest BCUT2D eigenvalue weighted by Gasteiger charge is 2.16. The van der Waals surface area contributed by atoms with Gasteiger partial charge in [0.05, 0.1) is 26.5 Å². The number of ether oxygens (including phenoxy) is 3. The molecule has 0 heterocycles. The third-order valence-corrected chi connectivity index (χ3v) is 4.90. The minimum absolute atomic E-state index is 0.0585. The number of amides is 1. The van der Waals surface area contributed by atoms with Gasteiger partial charge in [-0.05, 0) is 23.3 Å². The van der Waals surface area contributed by atoms with Crippen LogP contribution in [0.1, 0.15) is 11.1 Å². The van der Waals surface area contributed by atoms with Crippen LogP contribution in [0.4, 0.5) is 5.69 Å². The van der Waals surface area contributed by atoms with Crippen molar-refractivity contribution in [2.24, 2.45) is 0 Å². The summed E-state index contributed by atoms with van der Waals surface area (Å²) >= 11 is 0. The lowest BCUT2D eigenvalue weighted by molar-refractivity contribution is -0.148. The summed E-state index contributed by atoms with van der Waals surface area (Å²) in [6, 6.07) is 24.8. The van der Waals surface area contributed by atoms with Gasteiger partial charge in [-0.2, -0.15) is 0 Å². The van der Waals surface area contributed by atoms with Crippen LogP contribution in [0.3, 0.4) is 0 Å². The highest BCUT2D eigenvalue weighted by Crippen LogP contribution is 2.28. The molecule has 0 radical (unpaired) electrons. The van der Waals surface area contributed by atoms with Crippen molar-refractivity contribution in [3.05, 3.63) is 90.0 Å².